The fraction of sp³-hybridized carbons (Fsp3) is 0.480. The Hall–Kier alpha value is -2.33. The summed E-state index contributed by atoms with van der Waals surface area (Å²) >= 11 is 0. The van der Waals surface area contributed by atoms with Gasteiger partial charge in [0.2, 0.25) is 0 Å². The Morgan fingerprint density at radius 2 is 1.72 bits per heavy atom. The number of carbonyl (C=O) groups is 1. The number of rotatable bonds is 5. The Labute approximate surface area is 174 Å². The first-order valence-electron chi connectivity index (χ1n) is 11.2. The van der Waals surface area contributed by atoms with Gasteiger partial charge in [0.15, 0.2) is 0 Å². The predicted octanol–water partition coefficient (Wildman–Crippen LogP) is 5.30. The van der Waals surface area contributed by atoms with Crippen LogP contribution in [0.4, 0.5) is 11.4 Å². The first-order chi connectivity index (χ1) is 14.2. The number of nitrogens with zero attached hydrogens (tertiary/aromatic N) is 2. The molecule has 154 valence electrons. The molecule has 0 aliphatic carbocycles. The van der Waals surface area contributed by atoms with E-state index in [0.29, 0.717) is 11.6 Å². The van der Waals surface area contributed by atoms with Crippen molar-refractivity contribution in [2.24, 2.45) is 0 Å². The molecule has 0 saturated carbocycles. The van der Waals surface area contributed by atoms with E-state index in [0.717, 1.165) is 25.3 Å². The summed E-state index contributed by atoms with van der Waals surface area (Å²) < 4.78 is 0. The summed E-state index contributed by atoms with van der Waals surface area (Å²) in [5.74, 6) is -0.0429. The van der Waals surface area contributed by atoms with Gasteiger partial charge in [-0.3, -0.25) is 9.69 Å². The van der Waals surface area contributed by atoms with Crippen LogP contribution in [0.3, 0.4) is 0 Å². The molecule has 2 aromatic rings. The largest absolute Gasteiger partial charge is 0.372 e. The van der Waals surface area contributed by atoms with Crippen LogP contribution >= 0.6 is 0 Å². The zero-order valence-electron chi connectivity index (χ0n) is 17.6. The van der Waals surface area contributed by atoms with Crippen molar-refractivity contribution in [3.8, 4) is 0 Å². The Bertz CT molecular complexity index is 811. The second-order valence-electron chi connectivity index (χ2n) is 8.56. The first-order valence-corrected chi connectivity index (χ1v) is 11.2. The van der Waals surface area contributed by atoms with Crippen molar-refractivity contribution in [2.75, 3.05) is 29.9 Å². The van der Waals surface area contributed by atoms with E-state index in [4.69, 9.17) is 0 Å². The van der Waals surface area contributed by atoms with E-state index in [1.54, 1.807) is 0 Å². The number of amides is 1. The topological polar surface area (TPSA) is 35.6 Å². The molecule has 2 aliphatic rings. The maximum atomic E-state index is 12.7. The van der Waals surface area contributed by atoms with Crippen LogP contribution in [0.1, 0.15) is 61.4 Å². The van der Waals surface area contributed by atoms with Crippen LogP contribution in [0.5, 0.6) is 0 Å². The molecule has 1 atom stereocenters. The van der Waals surface area contributed by atoms with E-state index in [9.17, 15) is 4.79 Å². The molecule has 29 heavy (non-hydrogen) atoms. The molecule has 4 nitrogen and oxygen atoms in total. The molecular weight excluding hydrogens is 358 g/mol. The zero-order chi connectivity index (χ0) is 20.1. The predicted molar refractivity (Wildman–Crippen MR) is 121 cm³/mol. The molecule has 4 heteroatoms. The van der Waals surface area contributed by atoms with Crippen LogP contribution < -0.4 is 10.2 Å². The van der Waals surface area contributed by atoms with Crippen molar-refractivity contribution in [3.05, 3.63) is 59.7 Å². The minimum atomic E-state index is -0.0429. The molecular formula is C25H33N3O. The SMILES string of the molecule is CC1CCCCN1Cc1cccc(NC(=O)c2ccc(N3CCCCC3)cc2)c1. The van der Waals surface area contributed by atoms with Gasteiger partial charge >= 0.3 is 0 Å². The van der Waals surface area contributed by atoms with Gasteiger partial charge in [-0.2, -0.15) is 0 Å². The van der Waals surface area contributed by atoms with E-state index in [-0.39, 0.29) is 5.91 Å². The number of anilines is 2. The minimum absolute atomic E-state index is 0.0429. The van der Waals surface area contributed by atoms with E-state index in [1.165, 1.54) is 56.3 Å². The number of carbonyl (C=O) groups excluding carboxylic acids is 1. The van der Waals surface area contributed by atoms with Gasteiger partial charge in [-0.1, -0.05) is 18.6 Å². The van der Waals surface area contributed by atoms with Crippen LogP contribution in [0.2, 0.25) is 0 Å². The van der Waals surface area contributed by atoms with Crippen molar-refractivity contribution >= 4 is 17.3 Å². The van der Waals surface area contributed by atoms with Crippen LogP contribution in [0.25, 0.3) is 0 Å². The van der Waals surface area contributed by atoms with Gasteiger partial charge in [-0.15, -0.1) is 0 Å². The lowest BCUT2D eigenvalue weighted by Crippen LogP contribution is -2.36. The molecule has 0 radical (unpaired) electrons. The van der Waals surface area contributed by atoms with Crippen LogP contribution in [0, 0.1) is 0 Å². The Balaban J connectivity index is 1.37. The van der Waals surface area contributed by atoms with Crippen LogP contribution in [-0.4, -0.2) is 36.5 Å². The van der Waals surface area contributed by atoms with Gasteiger partial charge in [0.05, 0.1) is 0 Å². The van der Waals surface area contributed by atoms with Crippen molar-refractivity contribution < 1.29 is 4.79 Å². The summed E-state index contributed by atoms with van der Waals surface area (Å²) in [5.41, 5.74) is 4.06. The molecule has 0 spiro atoms. The number of likely N-dealkylation sites (tertiary alicyclic amines) is 1. The highest BCUT2D eigenvalue weighted by molar-refractivity contribution is 6.04. The van der Waals surface area contributed by atoms with E-state index in [2.05, 4.69) is 46.3 Å². The van der Waals surface area contributed by atoms with Crippen molar-refractivity contribution in [1.82, 2.24) is 4.90 Å². The Morgan fingerprint density at radius 1 is 0.966 bits per heavy atom. The number of hydrogen-bond donors (Lipinski definition) is 1. The quantitative estimate of drug-likeness (QED) is 0.751. The maximum absolute atomic E-state index is 12.7. The molecule has 1 amide bonds. The molecule has 1 unspecified atom stereocenters. The lowest BCUT2D eigenvalue weighted by Gasteiger charge is -2.33. The zero-order valence-corrected chi connectivity index (χ0v) is 17.6. The second kappa shape index (κ2) is 9.45. The van der Waals surface area contributed by atoms with Crippen molar-refractivity contribution in [2.45, 2.75) is 58.0 Å². The summed E-state index contributed by atoms with van der Waals surface area (Å²) in [6.45, 7) is 6.68. The molecule has 4 rings (SSSR count). The van der Waals surface area contributed by atoms with Gasteiger partial charge in [-0.25, -0.2) is 0 Å². The standard InChI is InChI=1S/C25H33N3O/c1-20-8-3-6-17-28(20)19-21-9-7-10-23(18-21)26-25(29)22-11-13-24(14-12-22)27-15-4-2-5-16-27/h7,9-14,18,20H,2-6,8,15-17,19H2,1H3,(H,26,29). The lowest BCUT2D eigenvalue weighted by atomic mass is 10.0. The van der Waals surface area contributed by atoms with E-state index in [1.807, 2.05) is 24.3 Å². The molecule has 2 heterocycles. The van der Waals surface area contributed by atoms with Gasteiger partial charge < -0.3 is 10.2 Å². The monoisotopic (exact) mass is 391 g/mol. The number of nitrogens with one attached hydrogen (secondary N) is 1. The van der Waals surface area contributed by atoms with E-state index < -0.39 is 0 Å². The van der Waals surface area contributed by atoms with Gasteiger partial charge in [0, 0.05) is 42.6 Å². The number of hydrogen-bond acceptors (Lipinski definition) is 3. The van der Waals surface area contributed by atoms with Crippen molar-refractivity contribution in [3.63, 3.8) is 0 Å². The average Bonchev–Trinajstić information content (AvgIpc) is 2.76. The molecule has 1 N–H and O–H groups in total. The first kappa shape index (κ1) is 20.0. The molecule has 2 aromatic carbocycles. The molecule has 2 fully saturated rings. The molecule has 2 aliphatic heterocycles. The minimum Gasteiger partial charge on any atom is -0.372 e. The molecule has 0 aromatic heterocycles. The third-order valence-electron chi connectivity index (χ3n) is 6.36. The Morgan fingerprint density at radius 3 is 2.48 bits per heavy atom. The van der Waals surface area contributed by atoms with Gasteiger partial charge in [0.1, 0.15) is 0 Å². The second-order valence-corrected chi connectivity index (χ2v) is 8.56. The fourth-order valence-electron chi connectivity index (χ4n) is 4.55. The normalized spacial score (nSPS) is 20.4. The average molecular weight is 392 g/mol. The van der Waals surface area contributed by atoms with E-state index >= 15 is 0 Å². The molecule has 0 bridgehead atoms. The number of piperidine rings is 2. The summed E-state index contributed by atoms with van der Waals surface area (Å²) in [7, 11) is 0. The maximum Gasteiger partial charge on any atom is 0.255 e. The van der Waals surface area contributed by atoms with Crippen LogP contribution in [0.15, 0.2) is 48.5 Å². The summed E-state index contributed by atoms with van der Waals surface area (Å²) in [4.78, 5) is 17.7. The molecule has 2 saturated heterocycles. The third-order valence-corrected chi connectivity index (χ3v) is 6.36. The summed E-state index contributed by atoms with van der Waals surface area (Å²) in [6.07, 6.45) is 7.75. The summed E-state index contributed by atoms with van der Waals surface area (Å²) in [5, 5.41) is 3.08. The number of benzene rings is 2. The van der Waals surface area contributed by atoms with Gasteiger partial charge in [-0.05, 0) is 87.5 Å². The Kier molecular flexibility index (Phi) is 6.50. The summed E-state index contributed by atoms with van der Waals surface area (Å²) in [6, 6.07) is 17.0. The smallest absolute Gasteiger partial charge is 0.255 e. The highest BCUT2D eigenvalue weighted by Gasteiger charge is 2.18. The lowest BCUT2D eigenvalue weighted by molar-refractivity contribution is 0.102. The highest BCUT2D eigenvalue weighted by atomic mass is 16.1. The third kappa shape index (κ3) is 5.18. The van der Waals surface area contributed by atoms with Crippen LogP contribution in [-0.2, 0) is 6.54 Å². The fourth-order valence-corrected chi connectivity index (χ4v) is 4.55. The van der Waals surface area contributed by atoms with Gasteiger partial charge in [0.25, 0.3) is 5.91 Å². The highest BCUT2D eigenvalue weighted by Crippen LogP contribution is 2.22. The van der Waals surface area contributed by atoms with Crippen molar-refractivity contribution in [1.29, 1.82) is 0 Å².